The SMILES string of the molecule is CC1(N2C=NS(=O)(=O)c3cc(Cl)c(Cl)cc32)CC1. The summed E-state index contributed by atoms with van der Waals surface area (Å²) in [7, 11) is -3.66. The van der Waals surface area contributed by atoms with E-state index in [4.69, 9.17) is 23.2 Å². The zero-order valence-electron chi connectivity index (χ0n) is 9.52. The Morgan fingerprint density at radius 3 is 2.50 bits per heavy atom. The highest BCUT2D eigenvalue weighted by Crippen LogP contribution is 2.47. The third-order valence-electron chi connectivity index (χ3n) is 3.40. The Balaban J connectivity index is 2.26. The number of sulfonamides is 1. The lowest BCUT2D eigenvalue weighted by atomic mass is 10.2. The van der Waals surface area contributed by atoms with Crippen molar-refractivity contribution in [3.63, 3.8) is 0 Å². The molecule has 0 radical (unpaired) electrons. The van der Waals surface area contributed by atoms with Crippen LogP contribution in [0.4, 0.5) is 5.69 Å². The van der Waals surface area contributed by atoms with Crippen LogP contribution in [0, 0.1) is 0 Å². The summed E-state index contributed by atoms with van der Waals surface area (Å²) in [6.07, 6.45) is 3.37. The quantitative estimate of drug-likeness (QED) is 0.801. The molecule has 2 aliphatic rings. The average Bonchev–Trinajstić information content (AvgIpc) is 3.00. The maximum atomic E-state index is 11.9. The average molecular weight is 305 g/mol. The molecule has 1 heterocycles. The fourth-order valence-corrected chi connectivity index (χ4v) is 3.40. The second-order valence-corrected chi connectivity index (χ2v) is 7.21. The van der Waals surface area contributed by atoms with Crippen molar-refractivity contribution in [3.05, 3.63) is 22.2 Å². The van der Waals surface area contributed by atoms with Crippen molar-refractivity contribution in [2.24, 2.45) is 4.40 Å². The summed E-state index contributed by atoms with van der Waals surface area (Å²) in [5.41, 5.74) is 0.491. The molecule has 0 atom stereocenters. The Labute approximate surface area is 115 Å². The minimum atomic E-state index is -3.66. The van der Waals surface area contributed by atoms with E-state index in [1.165, 1.54) is 12.4 Å². The Hall–Kier alpha value is -0.780. The Morgan fingerprint density at radius 1 is 1.28 bits per heavy atom. The number of halogens is 2. The van der Waals surface area contributed by atoms with Crippen LogP contribution < -0.4 is 4.90 Å². The first-order valence-electron chi connectivity index (χ1n) is 5.42. The Bertz CT molecular complexity index is 666. The molecule has 0 unspecified atom stereocenters. The second kappa shape index (κ2) is 3.62. The minimum Gasteiger partial charge on any atom is -0.325 e. The van der Waals surface area contributed by atoms with Crippen molar-refractivity contribution in [1.29, 1.82) is 0 Å². The van der Waals surface area contributed by atoms with Crippen LogP contribution in [0.25, 0.3) is 0 Å². The lowest BCUT2D eigenvalue weighted by Gasteiger charge is -2.31. The summed E-state index contributed by atoms with van der Waals surface area (Å²) >= 11 is 11.9. The fourth-order valence-electron chi connectivity index (χ4n) is 1.99. The van der Waals surface area contributed by atoms with Gasteiger partial charge in [0.25, 0.3) is 10.0 Å². The van der Waals surface area contributed by atoms with Gasteiger partial charge in [0.2, 0.25) is 0 Å². The Kier molecular flexibility index (Phi) is 2.47. The molecule has 1 fully saturated rings. The van der Waals surface area contributed by atoms with Gasteiger partial charge in [-0.2, -0.15) is 8.42 Å². The van der Waals surface area contributed by atoms with Gasteiger partial charge in [0.15, 0.2) is 0 Å². The largest absolute Gasteiger partial charge is 0.325 e. The molecule has 96 valence electrons. The van der Waals surface area contributed by atoms with Crippen LogP contribution in [0.1, 0.15) is 19.8 Å². The molecule has 18 heavy (non-hydrogen) atoms. The van der Waals surface area contributed by atoms with Gasteiger partial charge in [-0.25, -0.2) is 0 Å². The molecule has 0 bridgehead atoms. The summed E-state index contributed by atoms with van der Waals surface area (Å²) in [5, 5.41) is 0.562. The highest BCUT2D eigenvalue weighted by molar-refractivity contribution is 7.90. The molecule has 0 spiro atoms. The minimum absolute atomic E-state index is 0.0641. The van der Waals surface area contributed by atoms with E-state index >= 15 is 0 Å². The van der Waals surface area contributed by atoms with Crippen molar-refractivity contribution < 1.29 is 8.42 Å². The van der Waals surface area contributed by atoms with Crippen molar-refractivity contribution >= 4 is 45.3 Å². The van der Waals surface area contributed by atoms with E-state index in [0.29, 0.717) is 10.7 Å². The van der Waals surface area contributed by atoms with E-state index in [-0.39, 0.29) is 15.5 Å². The van der Waals surface area contributed by atoms with Gasteiger partial charge in [0.1, 0.15) is 11.2 Å². The lowest BCUT2D eigenvalue weighted by molar-refractivity contribution is 0.595. The molecule has 1 aliphatic heterocycles. The van der Waals surface area contributed by atoms with Crippen LogP contribution in [-0.2, 0) is 10.0 Å². The van der Waals surface area contributed by atoms with E-state index < -0.39 is 10.0 Å². The van der Waals surface area contributed by atoms with Crippen molar-refractivity contribution in [1.82, 2.24) is 0 Å². The van der Waals surface area contributed by atoms with Crippen LogP contribution in [0.2, 0.25) is 10.0 Å². The van der Waals surface area contributed by atoms with E-state index in [1.807, 2.05) is 4.90 Å². The number of anilines is 1. The van der Waals surface area contributed by atoms with Gasteiger partial charge < -0.3 is 4.90 Å². The van der Waals surface area contributed by atoms with E-state index in [1.54, 1.807) is 6.07 Å². The number of fused-ring (bicyclic) bond motifs is 1. The maximum Gasteiger partial charge on any atom is 0.285 e. The first kappa shape index (κ1) is 12.3. The van der Waals surface area contributed by atoms with Crippen molar-refractivity contribution in [2.75, 3.05) is 4.90 Å². The predicted molar refractivity (Wildman–Crippen MR) is 72.3 cm³/mol. The lowest BCUT2D eigenvalue weighted by Crippen LogP contribution is -2.37. The Morgan fingerprint density at radius 2 is 1.89 bits per heavy atom. The summed E-state index contributed by atoms with van der Waals surface area (Å²) in [6.45, 7) is 2.06. The van der Waals surface area contributed by atoms with E-state index in [9.17, 15) is 8.42 Å². The van der Waals surface area contributed by atoms with Gasteiger partial charge >= 0.3 is 0 Å². The molecule has 1 aliphatic carbocycles. The molecule has 0 saturated heterocycles. The van der Waals surface area contributed by atoms with Gasteiger partial charge in [-0.05, 0) is 31.9 Å². The molecule has 1 saturated carbocycles. The van der Waals surface area contributed by atoms with Crippen LogP contribution in [0.5, 0.6) is 0 Å². The number of rotatable bonds is 1. The van der Waals surface area contributed by atoms with E-state index in [2.05, 4.69) is 11.3 Å². The van der Waals surface area contributed by atoms with Crippen LogP contribution in [-0.4, -0.2) is 20.3 Å². The van der Waals surface area contributed by atoms with Crippen LogP contribution in [0.15, 0.2) is 21.4 Å². The van der Waals surface area contributed by atoms with Gasteiger partial charge in [-0.1, -0.05) is 23.2 Å². The van der Waals surface area contributed by atoms with E-state index in [0.717, 1.165) is 12.8 Å². The van der Waals surface area contributed by atoms with Gasteiger partial charge in [-0.3, -0.25) is 0 Å². The molecule has 3 rings (SSSR count). The van der Waals surface area contributed by atoms with Crippen molar-refractivity contribution in [2.45, 2.75) is 30.2 Å². The molecular formula is C11H10Cl2N2O2S. The first-order chi connectivity index (χ1) is 8.33. The number of benzene rings is 1. The molecular weight excluding hydrogens is 295 g/mol. The van der Waals surface area contributed by atoms with Crippen LogP contribution >= 0.6 is 23.2 Å². The third-order valence-corrected chi connectivity index (χ3v) is 5.37. The van der Waals surface area contributed by atoms with Crippen LogP contribution in [0.3, 0.4) is 0 Å². The summed E-state index contributed by atoms with van der Waals surface area (Å²) in [5.74, 6) is 0. The van der Waals surface area contributed by atoms with Gasteiger partial charge in [0, 0.05) is 5.54 Å². The highest BCUT2D eigenvalue weighted by atomic mass is 35.5. The topological polar surface area (TPSA) is 49.7 Å². The highest BCUT2D eigenvalue weighted by Gasteiger charge is 2.46. The molecule has 0 amide bonds. The molecule has 0 aromatic heterocycles. The summed E-state index contributed by atoms with van der Waals surface area (Å²) < 4.78 is 27.4. The fraction of sp³-hybridized carbons (Fsp3) is 0.364. The van der Waals surface area contributed by atoms with Gasteiger partial charge in [0.05, 0.1) is 15.7 Å². The smallest absolute Gasteiger partial charge is 0.285 e. The monoisotopic (exact) mass is 304 g/mol. The summed E-state index contributed by atoms with van der Waals surface area (Å²) in [4.78, 5) is 1.98. The third kappa shape index (κ3) is 1.73. The molecule has 4 nitrogen and oxygen atoms in total. The second-order valence-electron chi connectivity index (χ2n) is 4.80. The first-order valence-corrected chi connectivity index (χ1v) is 7.62. The predicted octanol–water partition coefficient (Wildman–Crippen LogP) is 3.08. The zero-order valence-corrected chi connectivity index (χ0v) is 11.8. The normalized spacial score (nSPS) is 22.7. The molecule has 1 aromatic carbocycles. The van der Waals surface area contributed by atoms with Crippen molar-refractivity contribution in [3.8, 4) is 0 Å². The summed E-state index contributed by atoms with van der Waals surface area (Å²) in [6, 6.07) is 2.95. The van der Waals surface area contributed by atoms with Gasteiger partial charge in [-0.15, -0.1) is 4.40 Å². The number of hydrogen-bond donors (Lipinski definition) is 0. The molecule has 1 aromatic rings. The molecule has 0 N–H and O–H groups in total. The maximum absolute atomic E-state index is 11.9. The number of nitrogens with zero attached hydrogens (tertiary/aromatic N) is 2. The number of hydrogen-bond acceptors (Lipinski definition) is 3. The molecule has 7 heteroatoms. The standard InChI is InChI=1S/C11H10Cl2N2O2S/c1-11(2-3-11)15-6-14-18(16,17)10-5-8(13)7(12)4-9(10)15/h4-6H,2-3H2,1H3. The zero-order chi connectivity index (χ0) is 13.1.